The Kier molecular flexibility index (Phi) is 7.24. The minimum Gasteiger partial charge on any atom is -0.508 e. The Morgan fingerprint density at radius 1 is 1.11 bits per heavy atom. The molecule has 3 aromatic heterocycles. The highest BCUT2D eigenvalue weighted by molar-refractivity contribution is 6.32. The van der Waals surface area contributed by atoms with Gasteiger partial charge in [-0.05, 0) is 75.1 Å². The third kappa shape index (κ3) is 5.25. The van der Waals surface area contributed by atoms with Crippen molar-refractivity contribution in [1.82, 2.24) is 34.8 Å². The Hall–Kier alpha value is -3.64. The van der Waals surface area contributed by atoms with Crippen LogP contribution in [0.1, 0.15) is 49.8 Å². The maximum atomic E-state index is 16.7. The van der Waals surface area contributed by atoms with Crippen LogP contribution in [0.2, 0.25) is 5.02 Å². The topological polar surface area (TPSA) is 105 Å². The lowest BCUT2D eigenvalue weighted by Crippen LogP contribution is -2.43. The standard InChI is InChI=1S/C32H35ClF2N8O2/c33-26-12-22(44)11-24-23(26)5-2-9-43-17-21(39-40-43)10-19-4-1-7-41(15-19)30-25-14-36-28(24)27(35)29(25)37-31(38-30)45-18-32-6-3-8-42(32)16-20(34)13-32/h11-12,14,17,19-20,44H,1-10,13,15-16,18H2/t19?,20-,32+/m1/s1. The summed E-state index contributed by atoms with van der Waals surface area (Å²) in [6, 6.07) is 3.02. The zero-order valence-electron chi connectivity index (χ0n) is 24.9. The molecule has 0 radical (unpaired) electrons. The van der Waals surface area contributed by atoms with Crippen molar-refractivity contribution in [1.29, 1.82) is 0 Å². The zero-order chi connectivity index (χ0) is 30.7. The van der Waals surface area contributed by atoms with Crippen molar-refractivity contribution in [3.05, 3.63) is 46.6 Å². The number of anilines is 1. The van der Waals surface area contributed by atoms with Gasteiger partial charge < -0.3 is 14.7 Å². The molecule has 5 aliphatic heterocycles. The monoisotopic (exact) mass is 636 g/mol. The fourth-order valence-corrected chi connectivity index (χ4v) is 8.24. The van der Waals surface area contributed by atoms with Crippen LogP contribution in [0, 0.1) is 11.7 Å². The summed E-state index contributed by atoms with van der Waals surface area (Å²) in [5.41, 5.74) is 1.76. The van der Waals surface area contributed by atoms with E-state index in [1.807, 2.05) is 10.9 Å². The Labute approximate surface area is 264 Å². The predicted octanol–water partition coefficient (Wildman–Crippen LogP) is 5.14. The minimum atomic E-state index is -0.890. The molecular weight excluding hydrogens is 602 g/mol. The molecule has 0 aliphatic carbocycles. The molecule has 4 aromatic rings. The Bertz CT molecular complexity index is 1770. The number of alkyl halides is 1. The lowest BCUT2D eigenvalue weighted by atomic mass is 9.93. The molecule has 1 N–H and O–H groups in total. The number of ether oxygens (including phenoxy) is 1. The molecule has 0 amide bonds. The van der Waals surface area contributed by atoms with Crippen LogP contribution in [-0.4, -0.2) is 84.4 Å². The summed E-state index contributed by atoms with van der Waals surface area (Å²) in [5, 5.41) is 20.1. The Balaban J connectivity index is 1.26. The van der Waals surface area contributed by atoms with Crippen molar-refractivity contribution in [2.75, 3.05) is 37.7 Å². The van der Waals surface area contributed by atoms with E-state index in [0.717, 1.165) is 50.9 Å². The van der Waals surface area contributed by atoms with Gasteiger partial charge in [-0.2, -0.15) is 9.97 Å². The molecule has 236 valence electrons. The van der Waals surface area contributed by atoms with Gasteiger partial charge in [0.25, 0.3) is 0 Å². The number of phenols is 1. The van der Waals surface area contributed by atoms with E-state index in [1.165, 1.54) is 12.1 Å². The number of benzene rings is 1. The molecule has 45 heavy (non-hydrogen) atoms. The maximum Gasteiger partial charge on any atom is 0.319 e. The predicted molar refractivity (Wildman–Crippen MR) is 165 cm³/mol. The second kappa shape index (κ2) is 11.3. The summed E-state index contributed by atoms with van der Waals surface area (Å²) >= 11 is 6.63. The van der Waals surface area contributed by atoms with E-state index in [9.17, 15) is 9.50 Å². The number of aryl methyl sites for hydroxylation is 1. The first-order valence-corrected chi connectivity index (χ1v) is 16.3. The molecule has 3 atom stereocenters. The number of piperidine rings is 1. The normalized spacial score (nSPS) is 25.1. The maximum absolute atomic E-state index is 16.7. The lowest BCUT2D eigenvalue weighted by molar-refractivity contribution is 0.107. The van der Waals surface area contributed by atoms with Gasteiger partial charge in [0.15, 0.2) is 5.82 Å². The number of hydrogen-bond donors (Lipinski definition) is 1. The van der Waals surface area contributed by atoms with Gasteiger partial charge in [-0.3, -0.25) is 14.6 Å². The summed E-state index contributed by atoms with van der Waals surface area (Å²) in [6.45, 7) is 3.55. The molecule has 1 aromatic carbocycles. The molecule has 8 heterocycles. The van der Waals surface area contributed by atoms with Crippen LogP contribution in [-0.2, 0) is 19.4 Å². The van der Waals surface area contributed by atoms with Crippen LogP contribution >= 0.6 is 11.6 Å². The summed E-state index contributed by atoms with van der Waals surface area (Å²) in [5.74, 6) is 0.160. The van der Waals surface area contributed by atoms with E-state index in [1.54, 1.807) is 6.20 Å². The van der Waals surface area contributed by atoms with Gasteiger partial charge in [0.05, 0.1) is 16.6 Å². The van der Waals surface area contributed by atoms with E-state index >= 15 is 4.39 Å². The second-order valence-corrected chi connectivity index (χ2v) is 13.5. The Morgan fingerprint density at radius 2 is 2.02 bits per heavy atom. The fourth-order valence-electron chi connectivity index (χ4n) is 7.93. The van der Waals surface area contributed by atoms with Crippen LogP contribution in [0.5, 0.6) is 11.8 Å². The van der Waals surface area contributed by atoms with E-state index in [-0.39, 0.29) is 29.6 Å². The molecule has 3 saturated heterocycles. The number of rotatable bonds is 3. The second-order valence-electron chi connectivity index (χ2n) is 13.1. The molecule has 13 heteroatoms. The van der Waals surface area contributed by atoms with E-state index < -0.39 is 17.5 Å². The summed E-state index contributed by atoms with van der Waals surface area (Å²) in [4.78, 5) is 18.4. The number of phenolic OH excluding ortho intramolecular Hbond substituents is 1. The third-order valence-corrected chi connectivity index (χ3v) is 10.4. The van der Waals surface area contributed by atoms with Crippen molar-refractivity contribution in [2.24, 2.45) is 5.92 Å². The largest absolute Gasteiger partial charge is 0.508 e. The van der Waals surface area contributed by atoms with Crippen LogP contribution in [0.4, 0.5) is 14.6 Å². The smallest absolute Gasteiger partial charge is 0.319 e. The fraction of sp³-hybridized carbons (Fsp3) is 0.531. The molecule has 8 bridgehead atoms. The summed E-state index contributed by atoms with van der Waals surface area (Å²) in [7, 11) is 0. The van der Waals surface area contributed by atoms with Gasteiger partial charge in [0.2, 0.25) is 0 Å². The van der Waals surface area contributed by atoms with Gasteiger partial charge in [-0.1, -0.05) is 16.8 Å². The van der Waals surface area contributed by atoms with Crippen molar-refractivity contribution in [2.45, 2.75) is 69.6 Å². The quantitative estimate of drug-likeness (QED) is 0.327. The highest BCUT2D eigenvalue weighted by Gasteiger charge is 2.49. The van der Waals surface area contributed by atoms with Gasteiger partial charge in [-0.15, -0.1) is 5.10 Å². The number of halogens is 3. The minimum absolute atomic E-state index is 0.0476. The van der Waals surface area contributed by atoms with E-state index in [0.29, 0.717) is 72.2 Å². The number of hydrogen-bond acceptors (Lipinski definition) is 9. The number of fused-ring (bicyclic) bond motifs is 4. The average molecular weight is 637 g/mol. The van der Waals surface area contributed by atoms with Gasteiger partial charge in [-0.25, -0.2) is 8.78 Å². The SMILES string of the molecule is Oc1cc(Cl)c2c(c1)-c1ncc3c(nc(OC[C@@]45CCCN4C[C@H](F)C5)nc3c1F)N1CCCC(Cc3cn(nn3)CCC2)C1. The lowest BCUT2D eigenvalue weighted by Gasteiger charge is -2.34. The first kappa shape index (κ1) is 28.8. The molecule has 5 aliphatic rings. The van der Waals surface area contributed by atoms with Crippen molar-refractivity contribution in [3.8, 4) is 23.0 Å². The summed E-state index contributed by atoms with van der Waals surface area (Å²) in [6.07, 6.45) is 8.90. The van der Waals surface area contributed by atoms with Crippen molar-refractivity contribution in [3.63, 3.8) is 0 Å². The van der Waals surface area contributed by atoms with E-state index in [2.05, 4.69) is 30.1 Å². The number of pyridine rings is 1. The highest BCUT2D eigenvalue weighted by atomic mass is 35.5. The zero-order valence-corrected chi connectivity index (χ0v) is 25.7. The molecular formula is C32H35ClF2N8O2. The van der Waals surface area contributed by atoms with Crippen molar-refractivity contribution < 1.29 is 18.6 Å². The third-order valence-electron chi connectivity index (χ3n) is 10.0. The molecule has 10 nitrogen and oxygen atoms in total. The molecule has 0 saturated carbocycles. The van der Waals surface area contributed by atoms with Gasteiger partial charge in [0, 0.05) is 55.6 Å². The average Bonchev–Trinajstić information content (AvgIpc) is 3.71. The molecule has 0 spiro atoms. The van der Waals surface area contributed by atoms with Crippen molar-refractivity contribution >= 4 is 28.3 Å². The van der Waals surface area contributed by atoms with Crippen LogP contribution < -0.4 is 9.64 Å². The summed E-state index contributed by atoms with van der Waals surface area (Å²) < 4.78 is 39.3. The van der Waals surface area contributed by atoms with E-state index in [4.69, 9.17) is 21.3 Å². The number of aromatic hydroxyl groups is 1. The first-order chi connectivity index (χ1) is 21.8. The highest BCUT2D eigenvalue weighted by Crippen LogP contribution is 2.42. The van der Waals surface area contributed by atoms with Crippen LogP contribution in [0.3, 0.4) is 0 Å². The number of aromatic nitrogens is 6. The van der Waals surface area contributed by atoms with Gasteiger partial charge in [0.1, 0.15) is 35.6 Å². The van der Waals surface area contributed by atoms with Crippen LogP contribution in [0.25, 0.3) is 22.2 Å². The first-order valence-electron chi connectivity index (χ1n) is 15.9. The molecule has 3 fully saturated rings. The number of nitrogens with zero attached hydrogens (tertiary/aromatic N) is 8. The molecule has 1 unspecified atom stereocenters. The molecule has 9 rings (SSSR count). The van der Waals surface area contributed by atoms with Gasteiger partial charge >= 0.3 is 6.01 Å². The Morgan fingerprint density at radius 3 is 2.93 bits per heavy atom. The van der Waals surface area contributed by atoms with Crippen LogP contribution in [0.15, 0.2) is 24.5 Å².